The number of fused-ring (bicyclic) bond motifs is 5. The Kier molecular flexibility index (Phi) is 5.51. The minimum atomic E-state index is -1.65. The van der Waals surface area contributed by atoms with Crippen molar-refractivity contribution in [1.82, 2.24) is 0 Å². The molecule has 0 amide bonds. The molecule has 8 heteroatoms. The third kappa shape index (κ3) is 3.98. The zero-order chi connectivity index (χ0) is 20.9. The molecule has 0 N–H and O–H groups in total. The van der Waals surface area contributed by atoms with Crippen molar-refractivity contribution < 1.29 is 27.1 Å². The minimum absolute atomic E-state index is 0.315. The van der Waals surface area contributed by atoms with Crippen LogP contribution >= 0.6 is 17.2 Å². The average molecular weight is 448 g/mol. The Bertz CT molecular complexity index is 897. The van der Waals surface area contributed by atoms with Crippen molar-refractivity contribution in [2.75, 3.05) is 26.4 Å². The molecule has 4 heterocycles. The molecule has 160 valence electrons. The van der Waals surface area contributed by atoms with E-state index in [2.05, 4.69) is 52.0 Å². The van der Waals surface area contributed by atoms with Gasteiger partial charge in [-0.3, -0.25) is 4.52 Å². The number of aryl methyl sites for hydroxylation is 4. The van der Waals surface area contributed by atoms with Crippen molar-refractivity contribution in [3.05, 3.63) is 57.6 Å². The first kappa shape index (κ1) is 20.6. The van der Waals surface area contributed by atoms with Crippen LogP contribution in [0.4, 0.5) is 0 Å². The minimum Gasteiger partial charge on any atom is -0.417 e. The molecule has 3 fully saturated rings. The fourth-order valence-corrected chi connectivity index (χ4v) is 6.86. The monoisotopic (exact) mass is 448 g/mol. The van der Waals surface area contributed by atoms with Gasteiger partial charge in [0.25, 0.3) is 0 Å². The van der Waals surface area contributed by atoms with Crippen molar-refractivity contribution in [1.29, 1.82) is 0 Å². The van der Waals surface area contributed by atoms with Crippen molar-refractivity contribution in [3.8, 4) is 11.5 Å². The second kappa shape index (κ2) is 8.02. The van der Waals surface area contributed by atoms with Gasteiger partial charge in [-0.2, -0.15) is 0 Å². The third-order valence-corrected chi connectivity index (χ3v) is 7.63. The SMILES string of the molecule is Cc1cc(C)c2c(c1)Cc1cc(C)cc(C)c1OP(OCC13COP(OC1)OC3)O2. The summed E-state index contributed by atoms with van der Waals surface area (Å²) in [5, 5.41) is 0. The largest absolute Gasteiger partial charge is 0.463 e. The van der Waals surface area contributed by atoms with Gasteiger partial charge in [0.15, 0.2) is 0 Å². The van der Waals surface area contributed by atoms with E-state index >= 15 is 0 Å². The molecule has 0 radical (unpaired) electrons. The summed E-state index contributed by atoms with van der Waals surface area (Å²) in [5.41, 5.74) is 6.63. The lowest BCUT2D eigenvalue weighted by Gasteiger charge is -2.43. The van der Waals surface area contributed by atoms with E-state index < -0.39 is 17.2 Å². The maximum atomic E-state index is 6.36. The molecule has 0 atom stereocenters. The lowest BCUT2D eigenvalue weighted by atomic mass is 9.93. The number of rotatable bonds is 3. The highest BCUT2D eigenvalue weighted by atomic mass is 31.2. The van der Waals surface area contributed by atoms with E-state index in [1.54, 1.807) is 0 Å². The summed E-state index contributed by atoms with van der Waals surface area (Å²) in [6, 6.07) is 8.66. The smallest absolute Gasteiger partial charge is 0.417 e. The van der Waals surface area contributed by atoms with Crippen molar-refractivity contribution in [2.45, 2.75) is 34.1 Å². The van der Waals surface area contributed by atoms with Gasteiger partial charge in [0, 0.05) is 6.42 Å². The van der Waals surface area contributed by atoms with Gasteiger partial charge in [-0.1, -0.05) is 35.4 Å². The summed E-state index contributed by atoms with van der Waals surface area (Å²) in [4.78, 5) is 0. The normalized spacial score (nSPS) is 25.5. The molecular weight excluding hydrogens is 422 g/mol. The van der Waals surface area contributed by atoms with Crippen LogP contribution in [-0.2, 0) is 24.5 Å². The van der Waals surface area contributed by atoms with Gasteiger partial charge < -0.3 is 22.6 Å². The van der Waals surface area contributed by atoms with E-state index in [9.17, 15) is 0 Å². The zero-order valence-corrected chi connectivity index (χ0v) is 19.5. The van der Waals surface area contributed by atoms with Gasteiger partial charge in [-0.05, 0) is 49.9 Å². The Balaban J connectivity index is 1.48. The van der Waals surface area contributed by atoms with E-state index in [4.69, 9.17) is 27.1 Å². The molecule has 2 aromatic rings. The molecule has 2 aromatic carbocycles. The molecule has 4 aliphatic rings. The Morgan fingerprint density at radius 2 is 1.30 bits per heavy atom. The molecule has 0 aromatic heterocycles. The molecular formula is C22H26O6P2. The van der Waals surface area contributed by atoms with Gasteiger partial charge >= 0.3 is 17.2 Å². The molecule has 30 heavy (non-hydrogen) atoms. The van der Waals surface area contributed by atoms with Crippen molar-refractivity contribution >= 4 is 17.2 Å². The Hall–Kier alpha value is -1.26. The maximum absolute atomic E-state index is 6.36. The molecule has 0 aliphatic carbocycles. The summed E-state index contributed by atoms with van der Waals surface area (Å²) in [6.45, 7) is 10.5. The Morgan fingerprint density at radius 1 is 0.800 bits per heavy atom. The van der Waals surface area contributed by atoms with Crippen LogP contribution in [-0.4, -0.2) is 26.4 Å². The third-order valence-electron chi connectivity index (χ3n) is 5.61. The van der Waals surface area contributed by atoms with Crippen LogP contribution < -0.4 is 9.05 Å². The molecule has 0 unspecified atom stereocenters. The van der Waals surface area contributed by atoms with Crippen molar-refractivity contribution in [2.24, 2.45) is 5.41 Å². The van der Waals surface area contributed by atoms with E-state index in [1.807, 2.05) is 0 Å². The van der Waals surface area contributed by atoms with Crippen LogP contribution in [0.25, 0.3) is 0 Å². The van der Waals surface area contributed by atoms with E-state index in [0.717, 1.165) is 40.2 Å². The van der Waals surface area contributed by atoms with Crippen LogP contribution in [0.2, 0.25) is 0 Å². The quantitative estimate of drug-likeness (QED) is 0.552. The van der Waals surface area contributed by atoms with Gasteiger partial charge in [0.05, 0.1) is 31.8 Å². The molecule has 6 nitrogen and oxygen atoms in total. The fourth-order valence-electron chi connectivity index (χ4n) is 4.15. The predicted molar refractivity (Wildman–Crippen MR) is 116 cm³/mol. The average Bonchev–Trinajstić information content (AvgIpc) is 2.70. The highest BCUT2D eigenvalue weighted by Crippen LogP contribution is 2.55. The maximum Gasteiger partial charge on any atom is 0.463 e. The van der Waals surface area contributed by atoms with E-state index in [0.29, 0.717) is 26.4 Å². The summed E-state index contributed by atoms with van der Waals surface area (Å²) in [6.07, 6.45) is 0.766. The molecule has 3 saturated heterocycles. The number of hydrogen-bond acceptors (Lipinski definition) is 6. The number of benzene rings is 2. The van der Waals surface area contributed by atoms with Gasteiger partial charge in [-0.25, -0.2) is 0 Å². The van der Waals surface area contributed by atoms with Crippen LogP contribution in [0.3, 0.4) is 0 Å². The summed E-state index contributed by atoms with van der Waals surface area (Å²) in [5.74, 6) is 1.71. The first-order chi connectivity index (χ1) is 14.4. The first-order valence-corrected chi connectivity index (χ1v) is 12.3. The second-order valence-corrected chi connectivity index (χ2v) is 10.8. The summed E-state index contributed by atoms with van der Waals surface area (Å²) < 4.78 is 35.8. The zero-order valence-electron chi connectivity index (χ0n) is 17.7. The fraction of sp³-hybridized carbons (Fsp3) is 0.455. The molecule has 6 rings (SSSR count). The molecule has 0 spiro atoms. The standard InChI is InChI=1S/C22H26O6P2/c1-14-5-16(3)20-18(7-14)9-19-8-15(2)6-17(4)21(19)28-30(27-20)26-13-22-10-23-29(24-11-22)25-12-22/h5-8H,9-13H2,1-4H3. The van der Waals surface area contributed by atoms with E-state index in [-0.39, 0.29) is 5.41 Å². The van der Waals surface area contributed by atoms with E-state index in [1.165, 1.54) is 11.1 Å². The molecule has 2 bridgehead atoms. The summed E-state index contributed by atoms with van der Waals surface area (Å²) >= 11 is 0. The predicted octanol–water partition coefficient (Wildman–Crippen LogP) is 5.82. The van der Waals surface area contributed by atoms with Gasteiger partial charge in [0.2, 0.25) is 0 Å². The topological polar surface area (TPSA) is 55.4 Å². The number of hydrogen-bond donors (Lipinski definition) is 0. The van der Waals surface area contributed by atoms with Crippen LogP contribution in [0, 0.1) is 33.1 Å². The van der Waals surface area contributed by atoms with Crippen LogP contribution in [0.1, 0.15) is 33.4 Å². The second-order valence-electron chi connectivity index (χ2n) is 8.54. The Morgan fingerprint density at radius 3 is 1.80 bits per heavy atom. The van der Waals surface area contributed by atoms with Gasteiger partial charge in [-0.15, -0.1) is 0 Å². The first-order valence-electron chi connectivity index (χ1n) is 10.1. The molecule has 4 aliphatic heterocycles. The van der Waals surface area contributed by atoms with Crippen LogP contribution in [0.15, 0.2) is 24.3 Å². The van der Waals surface area contributed by atoms with Gasteiger partial charge in [0.1, 0.15) is 11.5 Å². The summed E-state index contributed by atoms with van der Waals surface area (Å²) in [7, 11) is -2.81. The highest BCUT2D eigenvalue weighted by Gasteiger charge is 2.46. The highest BCUT2D eigenvalue weighted by molar-refractivity contribution is 7.42. The lowest BCUT2D eigenvalue weighted by molar-refractivity contribution is -0.0926. The Labute approximate surface area is 179 Å². The molecule has 0 saturated carbocycles. The van der Waals surface area contributed by atoms with Crippen LogP contribution in [0.5, 0.6) is 11.5 Å². The van der Waals surface area contributed by atoms with Crippen molar-refractivity contribution in [3.63, 3.8) is 0 Å². The lowest BCUT2D eigenvalue weighted by Crippen LogP contribution is -2.46.